The molecule has 3 aromatic rings. The molecule has 1 atom stereocenters. The number of thiophene rings is 2. The molecule has 0 spiro atoms. The van der Waals surface area contributed by atoms with Gasteiger partial charge in [0.05, 0.1) is 11.4 Å². The van der Waals surface area contributed by atoms with Gasteiger partial charge >= 0.3 is 0 Å². The van der Waals surface area contributed by atoms with Crippen LogP contribution in [-0.4, -0.2) is 9.97 Å². The molecular formula is C13H13N3S2. The van der Waals surface area contributed by atoms with Crippen LogP contribution in [0.2, 0.25) is 0 Å². The molecule has 92 valence electrons. The van der Waals surface area contributed by atoms with E-state index < -0.39 is 0 Å². The van der Waals surface area contributed by atoms with Crippen molar-refractivity contribution in [2.24, 2.45) is 0 Å². The van der Waals surface area contributed by atoms with Gasteiger partial charge < -0.3 is 5.32 Å². The Kier molecular flexibility index (Phi) is 3.01. The Morgan fingerprint density at radius 3 is 2.89 bits per heavy atom. The molecule has 0 saturated carbocycles. The minimum Gasteiger partial charge on any atom is -0.362 e. The summed E-state index contributed by atoms with van der Waals surface area (Å²) in [6.07, 6.45) is 1.62. The summed E-state index contributed by atoms with van der Waals surface area (Å²) < 4.78 is 0. The summed E-state index contributed by atoms with van der Waals surface area (Å²) in [5.74, 6) is 0.916. The first-order valence-corrected chi connectivity index (χ1v) is 7.45. The van der Waals surface area contributed by atoms with Crippen LogP contribution in [0.25, 0.3) is 10.2 Å². The van der Waals surface area contributed by atoms with Gasteiger partial charge in [-0.2, -0.15) is 0 Å². The van der Waals surface area contributed by atoms with Gasteiger partial charge in [-0.25, -0.2) is 9.97 Å². The number of nitrogens with one attached hydrogen (secondary N) is 1. The molecule has 0 aromatic carbocycles. The van der Waals surface area contributed by atoms with Crippen molar-refractivity contribution in [2.75, 3.05) is 5.32 Å². The fourth-order valence-electron chi connectivity index (χ4n) is 1.87. The molecule has 0 saturated heterocycles. The van der Waals surface area contributed by atoms with Crippen LogP contribution >= 0.6 is 22.7 Å². The maximum Gasteiger partial charge on any atom is 0.138 e. The van der Waals surface area contributed by atoms with Crippen molar-refractivity contribution in [2.45, 2.75) is 19.9 Å². The lowest BCUT2D eigenvalue weighted by Gasteiger charge is -2.13. The van der Waals surface area contributed by atoms with E-state index in [0.29, 0.717) is 0 Å². The topological polar surface area (TPSA) is 37.8 Å². The van der Waals surface area contributed by atoms with Gasteiger partial charge in [0.25, 0.3) is 0 Å². The molecule has 3 heterocycles. The van der Waals surface area contributed by atoms with Crippen LogP contribution in [0.15, 0.2) is 29.9 Å². The first-order chi connectivity index (χ1) is 8.74. The molecule has 0 aliphatic heterocycles. The molecule has 0 radical (unpaired) electrons. The zero-order chi connectivity index (χ0) is 12.5. The van der Waals surface area contributed by atoms with Gasteiger partial charge in [-0.1, -0.05) is 0 Å². The van der Waals surface area contributed by atoms with Crippen molar-refractivity contribution in [1.82, 2.24) is 9.97 Å². The van der Waals surface area contributed by atoms with Crippen molar-refractivity contribution in [3.8, 4) is 0 Å². The average molecular weight is 275 g/mol. The Balaban J connectivity index is 1.90. The highest BCUT2D eigenvalue weighted by atomic mass is 32.1. The third-order valence-electron chi connectivity index (χ3n) is 2.80. The molecule has 5 heteroatoms. The van der Waals surface area contributed by atoms with Gasteiger partial charge in [0.1, 0.15) is 17.0 Å². The Labute approximate surface area is 114 Å². The van der Waals surface area contributed by atoms with E-state index in [1.807, 2.05) is 16.7 Å². The van der Waals surface area contributed by atoms with Crippen LogP contribution in [-0.2, 0) is 0 Å². The Morgan fingerprint density at radius 1 is 1.22 bits per heavy atom. The van der Waals surface area contributed by atoms with Crippen LogP contribution in [0.4, 0.5) is 5.82 Å². The predicted molar refractivity (Wildman–Crippen MR) is 78.5 cm³/mol. The van der Waals surface area contributed by atoms with Crippen LogP contribution in [0.1, 0.15) is 22.7 Å². The lowest BCUT2D eigenvalue weighted by molar-refractivity contribution is 0.898. The molecule has 0 fully saturated rings. The fraction of sp³-hybridized carbons (Fsp3) is 0.231. The molecule has 0 aliphatic carbocycles. The third kappa shape index (κ3) is 2.11. The number of hydrogen-bond acceptors (Lipinski definition) is 5. The summed E-state index contributed by atoms with van der Waals surface area (Å²) in [6, 6.07) is 6.65. The van der Waals surface area contributed by atoms with Gasteiger partial charge in [0.15, 0.2) is 0 Å². The van der Waals surface area contributed by atoms with E-state index in [2.05, 4.69) is 47.3 Å². The lowest BCUT2D eigenvalue weighted by atomic mass is 10.2. The quantitative estimate of drug-likeness (QED) is 0.777. The van der Waals surface area contributed by atoms with Crippen LogP contribution < -0.4 is 5.32 Å². The second-order valence-electron chi connectivity index (χ2n) is 4.18. The van der Waals surface area contributed by atoms with Gasteiger partial charge in [-0.15, -0.1) is 22.7 Å². The van der Waals surface area contributed by atoms with Gasteiger partial charge in [0, 0.05) is 9.75 Å². The first kappa shape index (κ1) is 11.6. The summed E-state index contributed by atoms with van der Waals surface area (Å²) in [5, 5.41) is 6.61. The van der Waals surface area contributed by atoms with Crippen molar-refractivity contribution in [3.63, 3.8) is 0 Å². The third-order valence-corrected chi connectivity index (χ3v) is 4.81. The van der Waals surface area contributed by atoms with Crippen LogP contribution in [0, 0.1) is 6.92 Å². The lowest BCUT2D eigenvalue weighted by Crippen LogP contribution is -2.06. The second-order valence-corrected chi connectivity index (χ2v) is 6.39. The van der Waals surface area contributed by atoms with E-state index in [0.717, 1.165) is 16.0 Å². The highest BCUT2D eigenvalue weighted by Gasteiger charge is 2.11. The molecular weight excluding hydrogens is 262 g/mol. The summed E-state index contributed by atoms with van der Waals surface area (Å²) >= 11 is 3.46. The summed E-state index contributed by atoms with van der Waals surface area (Å²) in [6.45, 7) is 4.29. The maximum absolute atomic E-state index is 4.34. The molecule has 1 unspecified atom stereocenters. The van der Waals surface area contributed by atoms with E-state index in [9.17, 15) is 0 Å². The Bertz CT molecular complexity index is 671. The SMILES string of the molecule is Cc1ccc(C(C)Nc2ncnc3sccc23)s1. The average Bonchev–Trinajstić information content (AvgIpc) is 2.97. The Morgan fingerprint density at radius 2 is 2.11 bits per heavy atom. The molecule has 1 N–H and O–H groups in total. The van der Waals surface area contributed by atoms with E-state index in [1.54, 1.807) is 17.7 Å². The molecule has 0 aliphatic rings. The maximum atomic E-state index is 4.34. The van der Waals surface area contributed by atoms with Gasteiger partial charge in [-0.3, -0.25) is 0 Å². The van der Waals surface area contributed by atoms with E-state index in [-0.39, 0.29) is 6.04 Å². The normalized spacial score (nSPS) is 12.8. The van der Waals surface area contributed by atoms with E-state index in [1.165, 1.54) is 9.75 Å². The summed E-state index contributed by atoms with van der Waals surface area (Å²) in [5.41, 5.74) is 0. The smallest absolute Gasteiger partial charge is 0.138 e. The number of nitrogens with zero attached hydrogens (tertiary/aromatic N) is 2. The van der Waals surface area contributed by atoms with Gasteiger partial charge in [-0.05, 0) is 37.4 Å². The van der Waals surface area contributed by atoms with Crippen LogP contribution in [0.5, 0.6) is 0 Å². The van der Waals surface area contributed by atoms with E-state index in [4.69, 9.17) is 0 Å². The van der Waals surface area contributed by atoms with Crippen LogP contribution in [0.3, 0.4) is 0 Å². The van der Waals surface area contributed by atoms with Crippen molar-refractivity contribution < 1.29 is 0 Å². The number of aromatic nitrogens is 2. The van der Waals surface area contributed by atoms with Crippen molar-refractivity contribution in [3.05, 3.63) is 39.7 Å². The number of fused-ring (bicyclic) bond motifs is 1. The largest absolute Gasteiger partial charge is 0.362 e. The molecule has 3 aromatic heterocycles. The van der Waals surface area contributed by atoms with Crippen molar-refractivity contribution in [1.29, 1.82) is 0 Å². The second kappa shape index (κ2) is 4.66. The highest BCUT2D eigenvalue weighted by Crippen LogP contribution is 2.29. The minimum absolute atomic E-state index is 0.265. The predicted octanol–water partition coefficient (Wildman–Crippen LogP) is 4.23. The zero-order valence-corrected chi connectivity index (χ0v) is 11.8. The van der Waals surface area contributed by atoms with Gasteiger partial charge in [0.2, 0.25) is 0 Å². The molecule has 0 amide bonds. The summed E-state index contributed by atoms with van der Waals surface area (Å²) in [7, 11) is 0. The number of rotatable bonds is 3. The van der Waals surface area contributed by atoms with E-state index >= 15 is 0 Å². The number of hydrogen-bond donors (Lipinski definition) is 1. The fourth-order valence-corrected chi connectivity index (χ4v) is 3.48. The molecule has 3 nitrogen and oxygen atoms in total. The number of aryl methyl sites for hydroxylation is 1. The minimum atomic E-state index is 0.265. The molecule has 0 bridgehead atoms. The number of anilines is 1. The highest BCUT2D eigenvalue weighted by molar-refractivity contribution is 7.16. The Hall–Kier alpha value is -1.46. The molecule has 18 heavy (non-hydrogen) atoms. The zero-order valence-electron chi connectivity index (χ0n) is 10.2. The standard InChI is InChI=1S/C13H13N3S2/c1-8-3-4-11(18-8)9(2)16-12-10-5-6-17-13(10)15-7-14-12/h3-7,9H,1-2H3,(H,14,15,16). The molecule has 3 rings (SSSR count). The summed E-state index contributed by atoms with van der Waals surface area (Å²) in [4.78, 5) is 12.3. The first-order valence-electron chi connectivity index (χ1n) is 5.75. The van der Waals surface area contributed by atoms with Crippen molar-refractivity contribution >= 4 is 38.7 Å². The monoisotopic (exact) mass is 275 g/mol.